The van der Waals surface area contributed by atoms with Gasteiger partial charge in [0, 0.05) is 5.69 Å². The van der Waals surface area contributed by atoms with Crippen LogP contribution < -0.4 is 10.0 Å². The van der Waals surface area contributed by atoms with E-state index in [1.54, 1.807) is 12.1 Å². The highest BCUT2D eigenvalue weighted by Crippen LogP contribution is 2.13. The normalized spacial score (nSPS) is 12.2. The Kier molecular flexibility index (Phi) is 5.81. The Morgan fingerprint density at radius 3 is 2.64 bits per heavy atom. The van der Waals surface area contributed by atoms with Crippen molar-refractivity contribution in [2.45, 2.75) is 19.6 Å². The second kappa shape index (κ2) is 7.84. The summed E-state index contributed by atoms with van der Waals surface area (Å²) in [6.45, 7) is 1.62. The summed E-state index contributed by atoms with van der Waals surface area (Å²) < 4.78 is 34.9. The molecule has 9 heteroatoms. The van der Waals surface area contributed by atoms with Crippen molar-refractivity contribution in [2.24, 2.45) is 0 Å². The topological polar surface area (TPSA) is 115 Å². The predicted octanol–water partition coefficient (Wildman–Crippen LogP) is 1.51. The average molecular weight is 366 g/mol. The molecule has 0 spiro atoms. The summed E-state index contributed by atoms with van der Waals surface area (Å²) in [6.07, 6.45) is 1.47. The van der Waals surface area contributed by atoms with Crippen molar-refractivity contribution >= 4 is 27.6 Å². The molecule has 1 aromatic carbocycles. The third-order valence-electron chi connectivity index (χ3n) is 3.07. The minimum Gasteiger partial charge on any atom is -0.467 e. The van der Waals surface area contributed by atoms with Gasteiger partial charge < -0.3 is 14.5 Å². The number of furan rings is 1. The van der Waals surface area contributed by atoms with Crippen LogP contribution in [0.1, 0.15) is 23.0 Å². The zero-order valence-corrected chi connectivity index (χ0v) is 14.5. The number of carbonyl (C=O) groups excluding carboxylic acids is 2. The SMILES string of the molecule is C[C@H](OC(=O)c1cccc(NS(C)(=O)=O)c1)C(=O)NCc1ccco1. The van der Waals surface area contributed by atoms with E-state index < -0.39 is 28.0 Å². The van der Waals surface area contributed by atoms with Gasteiger partial charge in [0.25, 0.3) is 5.91 Å². The molecule has 1 atom stereocenters. The Hall–Kier alpha value is -2.81. The van der Waals surface area contributed by atoms with E-state index in [0.717, 1.165) is 6.26 Å². The van der Waals surface area contributed by atoms with Crippen LogP contribution in [0.2, 0.25) is 0 Å². The van der Waals surface area contributed by atoms with Crippen molar-refractivity contribution in [2.75, 3.05) is 11.0 Å². The third-order valence-corrected chi connectivity index (χ3v) is 3.68. The predicted molar refractivity (Wildman–Crippen MR) is 90.3 cm³/mol. The number of hydrogen-bond donors (Lipinski definition) is 2. The molecule has 0 radical (unpaired) electrons. The first-order valence-corrected chi connectivity index (χ1v) is 9.22. The highest BCUT2D eigenvalue weighted by molar-refractivity contribution is 7.92. The second-order valence-electron chi connectivity index (χ2n) is 5.30. The lowest BCUT2D eigenvalue weighted by atomic mass is 10.2. The molecule has 25 heavy (non-hydrogen) atoms. The molecule has 0 aliphatic rings. The monoisotopic (exact) mass is 366 g/mol. The zero-order valence-electron chi connectivity index (χ0n) is 13.7. The molecular formula is C16H18N2O6S. The van der Waals surface area contributed by atoms with E-state index in [9.17, 15) is 18.0 Å². The third kappa shape index (κ3) is 5.96. The first-order chi connectivity index (χ1) is 11.7. The molecule has 0 aliphatic carbocycles. The second-order valence-corrected chi connectivity index (χ2v) is 7.05. The first-order valence-electron chi connectivity index (χ1n) is 7.33. The van der Waals surface area contributed by atoms with Crippen LogP contribution in [0.4, 0.5) is 5.69 Å². The van der Waals surface area contributed by atoms with Crippen LogP contribution in [-0.4, -0.2) is 32.7 Å². The van der Waals surface area contributed by atoms with Gasteiger partial charge >= 0.3 is 5.97 Å². The van der Waals surface area contributed by atoms with Crippen LogP contribution in [0.25, 0.3) is 0 Å². The number of nitrogens with one attached hydrogen (secondary N) is 2. The van der Waals surface area contributed by atoms with Gasteiger partial charge in [0.15, 0.2) is 6.10 Å². The van der Waals surface area contributed by atoms with E-state index in [1.165, 1.54) is 37.5 Å². The van der Waals surface area contributed by atoms with Crippen LogP contribution in [0.15, 0.2) is 47.1 Å². The minimum absolute atomic E-state index is 0.124. The summed E-state index contributed by atoms with van der Waals surface area (Å²) >= 11 is 0. The van der Waals surface area contributed by atoms with Crippen LogP contribution in [0.3, 0.4) is 0 Å². The van der Waals surface area contributed by atoms with E-state index in [4.69, 9.17) is 9.15 Å². The van der Waals surface area contributed by atoms with Gasteiger partial charge in [0.1, 0.15) is 5.76 Å². The lowest BCUT2D eigenvalue weighted by Gasteiger charge is -2.13. The summed E-state index contributed by atoms with van der Waals surface area (Å²) in [7, 11) is -3.46. The average Bonchev–Trinajstić information content (AvgIpc) is 3.04. The van der Waals surface area contributed by atoms with E-state index >= 15 is 0 Å². The largest absolute Gasteiger partial charge is 0.467 e. The van der Waals surface area contributed by atoms with Crippen LogP contribution in [-0.2, 0) is 26.1 Å². The number of ether oxygens (including phenoxy) is 1. The molecule has 8 nitrogen and oxygen atoms in total. The zero-order chi connectivity index (χ0) is 18.4. The van der Waals surface area contributed by atoms with E-state index in [1.807, 2.05) is 0 Å². The fourth-order valence-electron chi connectivity index (χ4n) is 1.94. The molecule has 2 N–H and O–H groups in total. The maximum atomic E-state index is 12.1. The van der Waals surface area contributed by atoms with Crippen LogP contribution >= 0.6 is 0 Å². The molecule has 2 aromatic rings. The van der Waals surface area contributed by atoms with Crippen LogP contribution in [0.5, 0.6) is 0 Å². The molecule has 0 saturated heterocycles. The van der Waals surface area contributed by atoms with E-state index in [2.05, 4.69) is 10.0 Å². The first kappa shape index (κ1) is 18.5. The smallest absolute Gasteiger partial charge is 0.338 e. The van der Waals surface area contributed by atoms with Gasteiger partial charge in [-0.15, -0.1) is 0 Å². The maximum Gasteiger partial charge on any atom is 0.338 e. The van der Waals surface area contributed by atoms with Crippen molar-refractivity contribution in [3.05, 3.63) is 54.0 Å². The van der Waals surface area contributed by atoms with Crippen LogP contribution in [0, 0.1) is 0 Å². The molecule has 1 amide bonds. The fraction of sp³-hybridized carbons (Fsp3) is 0.250. The van der Waals surface area contributed by atoms with Gasteiger partial charge in [-0.25, -0.2) is 13.2 Å². The summed E-state index contributed by atoms with van der Waals surface area (Å²) in [5.41, 5.74) is 0.353. The number of esters is 1. The molecule has 0 bridgehead atoms. The molecule has 0 unspecified atom stereocenters. The maximum absolute atomic E-state index is 12.1. The lowest BCUT2D eigenvalue weighted by Crippen LogP contribution is -2.35. The van der Waals surface area contributed by atoms with Gasteiger partial charge in [-0.1, -0.05) is 6.07 Å². The Bertz CT molecular complexity index is 845. The number of anilines is 1. The Labute approximate surface area is 145 Å². The van der Waals surface area contributed by atoms with Crippen molar-refractivity contribution < 1.29 is 27.2 Å². The number of amides is 1. The van der Waals surface area contributed by atoms with Gasteiger partial charge in [-0.3, -0.25) is 9.52 Å². The number of rotatable bonds is 7. The minimum atomic E-state index is -3.46. The Morgan fingerprint density at radius 1 is 1.24 bits per heavy atom. The highest BCUT2D eigenvalue weighted by Gasteiger charge is 2.19. The number of hydrogen-bond acceptors (Lipinski definition) is 6. The summed E-state index contributed by atoms with van der Waals surface area (Å²) in [5.74, 6) is -0.639. The van der Waals surface area contributed by atoms with Crippen molar-refractivity contribution in [1.82, 2.24) is 5.32 Å². The number of sulfonamides is 1. The van der Waals surface area contributed by atoms with Gasteiger partial charge in [0.05, 0.1) is 24.6 Å². The molecule has 2 rings (SSSR count). The lowest BCUT2D eigenvalue weighted by molar-refractivity contribution is -0.129. The Morgan fingerprint density at radius 2 is 2.00 bits per heavy atom. The summed E-state index contributed by atoms with van der Waals surface area (Å²) in [5, 5.41) is 2.58. The van der Waals surface area contributed by atoms with E-state index in [-0.39, 0.29) is 17.8 Å². The van der Waals surface area contributed by atoms with Gasteiger partial charge in [-0.05, 0) is 37.3 Å². The number of carbonyl (C=O) groups is 2. The number of benzene rings is 1. The van der Waals surface area contributed by atoms with Gasteiger partial charge in [0.2, 0.25) is 10.0 Å². The fourth-order valence-corrected chi connectivity index (χ4v) is 2.49. The van der Waals surface area contributed by atoms with E-state index in [0.29, 0.717) is 5.76 Å². The van der Waals surface area contributed by atoms with Crippen molar-refractivity contribution in [1.29, 1.82) is 0 Å². The summed E-state index contributed by atoms with van der Waals surface area (Å²) in [6, 6.07) is 9.20. The molecule has 1 heterocycles. The quantitative estimate of drug-likeness (QED) is 0.718. The molecule has 0 saturated carbocycles. The summed E-state index contributed by atoms with van der Waals surface area (Å²) in [4.78, 5) is 24.1. The molecule has 0 fully saturated rings. The molecular weight excluding hydrogens is 348 g/mol. The van der Waals surface area contributed by atoms with Crippen molar-refractivity contribution in [3.8, 4) is 0 Å². The molecule has 0 aliphatic heterocycles. The standard InChI is InChI=1S/C16H18N2O6S/c1-11(15(19)17-10-14-7-4-8-23-14)24-16(20)12-5-3-6-13(9-12)18-25(2,21)22/h3-9,11,18H,10H2,1-2H3,(H,17,19)/t11-/m0/s1. The van der Waals surface area contributed by atoms with Crippen molar-refractivity contribution in [3.63, 3.8) is 0 Å². The highest BCUT2D eigenvalue weighted by atomic mass is 32.2. The Balaban J connectivity index is 1.94. The van der Waals surface area contributed by atoms with Gasteiger partial charge in [-0.2, -0.15) is 0 Å². The molecule has 134 valence electrons. The molecule has 1 aromatic heterocycles.